The van der Waals surface area contributed by atoms with Crippen LogP contribution in [0, 0.1) is 5.82 Å². The van der Waals surface area contributed by atoms with Crippen LogP contribution in [0.2, 0.25) is 0 Å². The molecule has 0 spiro atoms. The summed E-state index contributed by atoms with van der Waals surface area (Å²) in [6.07, 6.45) is 5.37. The zero-order valence-electron chi connectivity index (χ0n) is 17.5. The lowest BCUT2D eigenvalue weighted by molar-refractivity contribution is 0.319. The Morgan fingerprint density at radius 2 is 1.62 bits per heavy atom. The Labute approximate surface area is 171 Å². The van der Waals surface area contributed by atoms with Crippen molar-refractivity contribution in [1.29, 1.82) is 0 Å². The minimum Gasteiger partial charge on any atom is -0.508 e. The zero-order valence-corrected chi connectivity index (χ0v) is 17.5. The molecule has 1 aliphatic carbocycles. The molecule has 29 heavy (non-hydrogen) atoms. The average molecular weight is 394 g/mol. The Kier molecular flexibility index (Phi) is 5.40. The number of nitrogens with zero attached hydrogens (tertiary/aromatic N) is 1. The minimum atomic E-state index is -0.487. The van der Waals surface area contributed by atoms with Gasteiger partial charge in [0.05, 0.1) is 0 Å². The van der Waals surface area contributed by atoms with Crippen molar-refractivity contribution in [2.75, 3.05) is 0 Å². The topological polar surface area (TPSA) is 52.8 Å². The van der Waals surface area contributed by atoms with Gasteiger partial charge in [-0.05, 0) is 59.1 Å². The van der Waals surface area contributed by atoms with Gasteiger partial charge in [-0.15, -0.1) is 0 Å². The van der Waals surface area contributed by atoms with Gasteiger partial charge in [0.1, 0.15) is 17.3 Å². The summed E-state index contributed by atoms with van der Waals surface area (Å²) in [5.74, 6) is -0.670. The normalized spacial score (nSPS) is 17.9. The van der Waals surface area contributed by atoms with E-state index in [0.717, 1.165) is 18.4 Å². The molecule has 0 fully saturated rings. The summed E-state index contributed by atoms with van der Waals surface area (Å²) in [6.45, 7) is 12.4. The lowest BCUT2D eigenvalue weighted by atomic mass is 9.63. The number of oxime groups is 1. The van der Waals surface area contributed by atoms with E-state index in [1.54, 1.807) is 24.3 Å². The summed E-state index contributed by atoms with van der Waals surface area (Å²) in [6, 6.07) is 10.5. The molecule has 0 saturated heterocycles. The van der Waals surface area contributed by atoms with Crippen LogP contribution in [0.1, 0.15) is 68.4 Å². The monoisotopic (exact) mass is 393 g/mol. The largest absolute Gasteiger partial charge is 0.508 e. The number of aliphatic hydroxyl groups excluding tert-OH is 1. The summed E-state index contributed by atoms with van der Waals surface area (Å²) < 4.78 is 14.3. The van der Waals surface area contributed by atoms with Crippen LogP contribution in [0.4, 0.5) is 4.39 Å². The van der Waals surface area contributed by atoms with Gasteiger partial charge in [-0.2, -0.15) is 0 Å². The van der Waals surface area contributed by atoms with E-state index in [9.17, 15) is 14.7 Å². The Morgan fingerprint density at radius 1 is 1.00 bits per heavy atom. The van der Waals surface area contributed by atoms with Crippen molar-refractivity contribution < 1.29 is 14.7 Å². The SMILES string of the molecule is C=C(O)c1ccc(/C=C/C(=N\O)c2ccc3c(c2)C(C)(C)CCC3(C)C)c(F)c1. The van der Waals surface area contributed by atoms with Gasteiger partial charge < -0.3 is 10.3 Å². The third kappa shape index (κ3) is 4.12. The Morgan fingerprint density at radius 3 is 2.21 bits per heavy atom. The third-order valence-corrected chi connectivity index (χ3v) is 6.01. The van der Waals surface area contributed by atoms with Crippen molar-refractivity contribution in [2.24, 2.45) is 5.16 Å². The molecule has 0 unspecified atom stereocenters. The lowest BCUT2D eigenvalue weighted by Gasteiger charge is -2.42. The summed E-state index contributed by atoms with van der Waals surface area (Å²) in [5.41, 5.74) is 4.54. The van der Waals surface area contributed by atoms with Crippen LogP contribution in [-0.2, 0) is 10.8 Å². The maximum absolute atomic E-state index is 14.3. The molecule has 2 N–H and O–H groups in total. The number of allylic oxidation sites excluding steroid dienone is 1. The highest BCUT2D eigenvalue weighted by atomic mass is 19.1. The van der Waals surface area contributed by atoms with E-state index >= 15 is 0 Å². The molecule has 2 aromatic rings. The van der Waals surface area contributed by atoms with E-state index in [1.807, 2.05) is 6.07 Å². The van der Waals surface area contributed by atoms with E-state index in [4.69, 9.17) is 0 Å². The molecule has 3 nitrogen and oxygen atoms in total. The number of fused-ring (bicyclic) bond motifs is 1. The van der Waals surface area contributed by atoms with E-state index < -0.39 is 5.82 Å². The van der Waals surface area contributed by atoms with E-state index in [2.05, 4.69) is 51.6 Å². The van der Waals surface area contributed by atoms with Gasteiger partial charge in [0.2, 0.25) is 0 Å². The standard InChI is InChI=1S/C25H28FNO2/c1-16(28)18-7-6-17(22(26)15-18)9-11-23(27-29)19-8-10-20-21(14-19)25(4,5)13-12-24(20,2)3/h6-11,14-15,28-29H,1,12-13H2,2-5H3/b11-9+,27-23+. The smallest absolute Gasteiger partial charge is 0.131 e. The molecule has 4 heteroatoms. The summed E-state index contributed by atoms with van der Waals surface area (Å²) in [5, 5.41) is 22.4. The van der Waals surface area contributed by atoms with Crippen molar-refractivity contribution in [3.8, 4) is 0 Å². The predicted octanol–water partition coefficient (Wildman–Crippen LogP) is 6.60. The van der Waals surface area contributed by atoms with Crippen LogP contribution < -0.4 is 0 Å². The van der Waals surface area contributed by atoms with Crippen LogP contribution in [0.5, 0.6) is 0 Å². The Hall–Kier alpha value is -2.88. The fraction of sp³-hybridized carbons (Fsp3) is 0.320. The second-order valence-corrected chi connectivity index (χ2v) is 9.03. The number of rotatable bonds is 4. The fourth-order valence-corrected chi connectivity index (χ4v) is 3.95. The predicted molar refractivity (Wildman–Crippen MR) is 117 cm³/mol. The first-order chi connectivity index (χ1) is 13.5. The Bertz CT molecular complexity index is 1020. The van der Waals surface area contributed by atoms with E-state index in [-0.39, 0.29) is 16.6 Å². The third-order valence-electron chi connectivity index (χ3n) is 6.01. The van der Waals surface area contributed by atoms with Crippen LogP contribution in [-0.4, -0.2) is 16.0 Å². The summed E-state index contributed by atoms with van der Waals surface area (Å²) >= 11 is 0. The summed E-state index contributed by atoms with van der Waals surface area (Å²) in [4.78, 5) is 0. The first-order valence-corrected chi connectivity index (χ1v) is 9.78. The lowest BCUT2D eigenvalue weighted by Crippen LogP contribution is -2.34. The molecule has 1 aliphatic rings. The molecule has 3 rings (SSSR count). The quantitative estimate of drug-likeness (QED) is 0.266. The molecule has 0 aliphatic heterocycles. The van der Waals surface area contributed by atoms with Crippen molar-refractivity contribution in [1.82, 2.24) is 0 Å². The first kappa shape index (κ1) is 20.8. The van der Waals surface area contributed by atoms with Crippen LogP contribution in [0.15, 0.2) is 54.2 Å². The number of hydrogen-bond acceptors (Lipinski definition) is 3. The van der Waals surface area contributed by atoms with Crippen LogP contribution in [0.3, 0.4) is 0 Å². The second kappa shape index (κ2) is 7.51. The van der Waals surface area contributed by atoms with Gasteiger partial charge >= 0.3 is 0 Å². The Balaban J connectivity index is 1.96. The zero-order chi connectivity index (χ0) is 21.4. The van der Waals surface area contributed by atoms with Gasteiger partial charge in [-0.3, -0.25) is 0 Å². The van der Waals surface area contributed by atoms with Gasteiger partial charge in [0.15, 0.2) is 0 Å². The molecule has 0 radical (unpaired) electrons. The molecule has 2 aromatic carbocycles. The average Bonchev–Trinajstić information content (AvgIpc) is 2.67. The van der Waals surface area contributed by atoms with E-state index in [1.165, 1.54) is 17.2 Å². The molecule has 0 atom stereocenters. The van der Waals surface area contributed by atoms with Crippen LogP contribution >= 0.6 is 0 Å². The van der Waals surface area contributed by atoms with Gasteiger partial charge in [0.25, 0.3) is 0 Å². The number of aliphatic hydroxyl groups is 1. The van der Waals surface area contributed by atoms with Crippen molar-refractivity contribution in [2.45, 2.75) is 51.4 Å². The number of halogens is 1. The molecular formula is C25H28FNO2. The maximum Gasteiger partial charge on any atom is 0.131 e. The minimum absolute atomic E-state index is 0.0414. The van der Waals surface area contributed by atoms with Gasteiger partial charge in [-0.1, -0.05) is 63.7 Å². The van der Waals surface area contributed by atoms with Crippen LogP contribution in [0.25, 0.3) is 11.8 Å². The molecule has 152 valence electrons. The van der Waals surface area contributed by atoms with Crippen molar-refractivity contribution >= 4 is 17.5 Å². The highest BCUT2D eigenvalue weighted by Gasteiger charge is 2.37. The highest BCUT2D eigenvalue weighted by molar-refractivity contribution is 6.10. The molecule has 0 aromatic heterocycles. The second-order valence-electron chi connectivity index (χ2n) is 9.03. The number of hydrogen-bond donors (Lipinski definition) is 2. The summed E-state index contributed by atoms with van der Waals surface area (Å²) in [7, 11) is 0. The molecule has 0 bridgehead atoms. The van der Waals surface area contributed by atoms with Gasteiger partial charge in [-0.25, -0.2) is 4.39 Å². The molecule has 0 heterocycles. The fourth-order valence-electron chi connectivity index (χ4n) is 3.95. The first-order valence-electron chi connectivity index (χ1n) is 9.78. The van der Waals surface area contributed by atoms with Crippen molar-refractivity contribution in [3.63, 3.8) is 0 Å². The molecule has 0 saturated carbocycles. The maximum atomic E-state index is 14.3. The van der Waals surface area contributed by atoms with Gasteiger partial charge in [0, 0.05) is 16.7 Å². The number of benzene rings is 2. The van der Waals surface area contributed by atoms with Crippen molar-refractivity contribution in [3.05, 3.63) is 82.7 Å². The van der Waals surface area contributed by atoms with E-state index in [0.29, 0.717) is 16.8 Å². The molecular weight excluding hydrogens is 365 g/mol. The molecule has 0 amide bonds. The highest BCUT2D eigenvalue weighted by Crippen LogP contribution is 2.45.